The number of nitrogens with one attached hydrogen (secondary N) is 2. The molecule has 1 aliphatic carbocycles. The van der Waals surface area contributed by atoms with Gasteiger partial charge in [0.25, 0.3) is 10.0 Å². The molecule has 0 radical (unpaired) electrons. The van der Waals surface area contributed by atoms with E-state index >= 15 is 0 Å². The molecule has 5 rings (SSSR count). The number of likely N-dealkylation sites (tertiary alicyclic amines) is 1. The fourth-order valence-electron chi connectivity index (χ4n) is 6.36. The van der Waals surface area contributed by atoms with Crippen LogP contribution in [0.2, 0.25) is 0 Å². The van der Waals surface area contributed by atoms with E-state index in [4.69, 9.17) is 4.74 Å². The van der Waals surface area contributed by atoms with Crippen LogP contribution in [0, 0.1) is 11.8 Å². The highest BCUT2D eigenvalue weighted by molar-refractivity contribution is 7.92. The second-order valence-electron chi connectivity index (χ2n) is 12.0. The Morgan fingerprint density at radius 2 is 1.93 bits per heavy atom. The van der Waals surface area contributed by atoms with Gasteiger partial charge in [-0.3, -0.25) is 19.1 Å². The van der Waals surface area contributed by atoms with Crippen molar-refractivity contribution in [3.63, 3.8) is 0 Å². The molecular formula is C30H36N4O8S2. The molecule has 2 heterocycles. The number of hydrogen-bond acceptors (Lipinski definition) is 9. The summed E-state index contributed by atoms with van der Waals surface area (Å²) in [7, 11) is -6.63. The predicted molar refractivity (Wildman–Crippen MR) is 165 cm³/mol. The number of anilines is 2. The first kappa shape index (κ1) is 31.8. The lowest BCUT2D eigenvalue weighted by atomic mass is 9.61. The fraction of sp³-hybridized carbons (Fsp3) is 0.467. The topological polar surface area (TPSA) is 168 Å². The Balaban J connectivity index is 1.65. The van der Waals surface area contributed by atoms with Crippen molar-refractivity contribution in [2.45, 2.75) is 55.9 Å². The van der Waals surface area contributed by atoms with Crippen LogP contribution in [0.1, 0.15) is 55.5 Å². The van der Waals surface area contributed by atoms with Crippen molar-refractivity contribution in [3.05, 3.63) is 53.6 Å². The molecule has 236 valence electrons. The summed E-state index contributed by atoms with van der Waals surface area (Å²) in [5.74, 6) is -3.78. The Hall–Kier alpha value is -3.62. The number of ether oxygens (including phenoxy) is 1. The molecule has 1 unspecified atom stereocenters. The minimum Gasteiger partial charge on any atom is -0.383 e. The number of benzene rings is 2. The summed E-state index contributed by atoms with van der Waals surface area (Å²) >= 11 is 0. The van der Waals surface area contributed by atoms with Crippen molar-refractivity contribution in [3.8, 4) is 0 Å². The van der Waals surface area contributed by atoms with E-state index in [1.54, 1.807) is 36.3 Å². The van der Waals surface area contributed by atoms with E-state index in [0.29, 0.717) is 31.6 Å². The van der Waals surface area contributed by atoms with Crippen molar-refractivity contribution in [1.29, 1.82) is 0 Å². The second kappa shape index (κ2) is 11.7. The molecule has 3 aliphatic rings. The van der Waals surface area contributed by atoms with Gasteiger partial charge in [0, 0.05) is 24.9 Å². The molecule has 44 heavy (non-hydrogen) atoms. The number of rotatable bonds is 9. The number of fused-ring (bicyclic) bond motifs is 2. The summed E-state index contributed by atoms with van der Waals surface area (Å²) in [6, 6.07) is 10.1. The molecule has 1 saturated heterocycles. The molecule has 2 aromatic carbocycles. The number of carbonyl (C=O) groups is 3. The second-order valence-corrected chi connectivity index (χ2v) is 15.3. The maximum Gasteiger partial charge on any atom is 0.286 e. The van der Waals surface area contributed by atoms with Crippen molar-refractivity contribution in [2.75, 3.05) is 36.6 Å². The molecule has 0 aromatic heterocycles. The van der Waals surface area contributed by atoms with E-state index in [0.717, 1.165) is 18.7 Å². The van der Waals surface area contributed by atoms with E-state index in [9.17, 15) is 31.2 Å². The van der Waals surface area contributed by atoms with Crippen LogP contribution < -0.4 is 10.0 Å². The van der Waals surface area contributed by atoms with Gasteiger partial charge in [-0.15, -0.1) is 4.40 Å². The first-order valence-electron chi connectivity index (χ1n) is 14.4. The third-order valence-corrected chi connectivity index (χ3v) is 10.3. The minimum atomic E-state index is -4.48. The molecule has 0 bridgehead atoms. The van der Waals surface area contributed by atoms with Gasteiger partial charge in [-0.25, -0.2) is 8.42 Å². The summed E-state index contributed by atoms with van der Waals surface area (Å²) in [6.07, 6.45) is 2.98. The summed E-state index contributed by atoms with van der Waals surface area (Å²) in [4.78, 5) is 44.9. The Morgan fingerprint density at radius 1 is 1.20 bits per heavy atom. The van der Waals surface area contributed by atoms with Crippen LogP contribution in [0.15, 0.2) is 51.8 Å². The minimum absolute atomic E-state index is 0.00328. The van der Waals surface area contributed by atoms with Crippen LogP contribution in [0.25, 0.3) is 0 Å². The third kappa shape index (κ3) is 5.66. The number of ketones is 2. The number of nitrogens with zero attached hydrogens (tertiary/aromatic N) is 2. The molecule has 1 amide bonds. The van der Waals surface area contributed by atoms with Gasteiger partial charge in [0.2, 0.25) is 15.9 Å². The molecule has 0 spiro atoms. The van der Waals surface area contributed by atoms with Crippen LogP contribution >= 0.6 is 0 Å². The van der Waals surface area contributed by atoms with Gasteiger partial charge in [0.1, 0.15) is 22.1 Å². The first-order chi connectivity index (χ1) is 20.7. The number of Topliss-reactive ketones (excluding diaryl/α,β-unsaturated/α-hetero) is 2. The van der Waals surface area contributed by atoms with E-state index in [-0.39, 0.29) is 40.2 Å². The number of amides is 1. The number of methoxy groups -OCH3 is 1. The van der Waals surface area contributed by atoms with E-state index < -0.39 is 54.7 Å². The van der Waals surface area contributed by atoms with E-state index in [2.05, 4.69) is 14.4 Å². The Morgan fingerprint density at radius 3 is 2.61 bits per heavy atom. The highest BCUT2D eigenvalue weighted by Gasteiger charge is 2.59. The van der Waals surface area contributed by atoms with Gasteiger partial charge >= 0.3 is 0 Å². The largest absolute Gasteiger partial charge is 0.383 e. The maximum atomic E-state index is 14.8. The number of sulfonamides is 2. The highest BCUT2D eigenvalue weighted by Crippen LogP contribution is 2.45. The van der Waals surface area contributed by atoms with Gasteiger partial charge < -0.3 is 15.0 Å². The van der Waals surface area contributed by atoms with Crippen molar-refractivity contribution < 1.29 is 36.0 Å². The van der Waals surface area contributed by atoms with Crippen molar-refractivity contribution >= 4 is 54.7 Å². The summed E-state index contributed by atoms with van der Waals surface area (Å²) in [5.41, 5.74) is -1.25. The number of amidine groups is 1. The van der Waals surface area contributed by atoms with Gasteiger partial charge in [-0.05, 0) is 55.4 Å². The molecule has 3 atom stereocenters. The van der Waals surface area contributed by atoms with Crippen molar-refractivity contribution in [2.24, 2.45) is 16.2 Å². The van der Waals surface area contributed by atoms with Gasteiger partial charge in [-0.2, -0.15) is 8.42 Å². The lowest BCUT2D eigenvalue weighted by Gasteiger charge is -2.43. The average Bonchev–Trinajstić information content (AvgIpc) is 3.40. The van der Waals surface area contributed by atoms with Gasteiger partial charge in [0.05, 0.1) is 24.6 Å². The van der Waals surface area contributed by atoms with Crippen LogP contribution in [0.5, 0.6) is 0 Å². The Labute approximate surface area is 257 Å². The molecule has 0 saturated carbocycles. The van der Waals surface area contributed by atoms with E-state index in [1.165, 1.54) is 12.1 Å². The number of hydrogen-bond donors (Lipinski definition) is 2. The summed E-state index contributed by atoms with van der Waals surface area (Å²) in [6.45, 7) is 4.68. The maximum absolute atomic E-state index is 14.8. The Kier molecular flexibility index (Phi) is 8.46. The van der Waals surface area contributed by atoms with Crippen LogP contribution in [0.3, 0.4) is 0 Å². The zero-order valence-electron chi connectivity index (χ0n) is 25.0. The Bertz CT molecular complexity index is 1770. The molecular weight excluding hydrogens is 608 g/mol. The fourth-order valence-corrected chi connectivity index (χ4v) is 8.09. The highest BCUT2D eigenvalue weighted by atomic mass is 32.2. The molecule has 2 aliphatic heterocycles. The lowest BCUT2D eigenvalue weighted by molar-refractivity contribution is -0.146. The SMILES string of the molecule is COC[C@@H]1CCCN1C(=O)[C@@]1(CCC(C)C)C(=O)C(C2=NS(=O)(=O)c3cc(NS(C)(=O)=O)ccc3N2)C(=O)c2ccccc21. The zero-order chi connectivity index (χ0) is 32.0. The van der Waals surface area contributed by atoms with Gasteiger partial charge in [-0.1, -0.05) is 38.1 Å². The number of carbonyl (C=O) groups excluding carboxylic acids is 3. The van der Waals surface area contributed by atoms with Gasteiger partial charge in [0.15, 0.2) is 11.6 Å². The van der Waals surface area contributed by atoms with Crippen LogP contribution in [-0.2, 0) is 39.8 Å². The normalized spacial score (nSPS) is 24.4. The van der Waals surface area contributed by atoms with Crippen molar-refractivity contribution in [1.82, 2.24) is 4.90 Å². The van der Waals surface area contributed by atoms with Crippen LogP contribution in [-0.4, -0.2) is 77.6 Å². The molecule has 2 aromatic rings. The summed E-state index contributed by atoms with van der Waals surface area (Å²) < 4.78 is 61.7. The molecule has 12 nitrogen and oxygen atoms in total. The predicted octanol–water partition coefficient (Wildman–Crippen LogP) is 2.96. The standard InChI is InChI=1S/C30H36N4O8S2/c1-18(2)13-14-30(29(37)34-15-7-8-20(34)17-42-3)22-10-6-5-9-21(22)26(35)25(27(30)36)28-31-23-12-11-19(32-43(4,38)39)16-24(23)44(40,41)33-28/h5-6,9-12,16,18,20,25,32H,7-8,13-15,17H2,1-4H3,(H,31,33)/t20-,25?,30+/m0/s1. The van der Waals surface area contributed by atoms with E-state index in [1.807, 2.05) is 13.8 Å². The monoisotopic (exact) mass is 644 g/mol. The zero-order valence-corrected chi connectivity index (χ0v) is 26.6. The summed E-state index contributed by atoms with van der Waals surface area (Å²) in [5, 5.41) is 2.85. The molecule has 1 fully saturated rings. The molecule has 2 N–H and O–H groups in total. The molecule has 14 heteroatoms. The quantitative estimate of drug-likeness (QED) is 0.390. The average molecular weight is 645 g/mol. The first-order valence-corrected chi connectivity index (χ1v) is 17.7. The smallest absolute Gasteiger partial charge is 0.286 e. The lowest BCUT2D eigenvalue weighted by Crippen LogP contribution is -2.61. The third-order valence-electron chi connectivity index (χ3n) is 8.37. The van der Waals surface area contributed by atoms with Crippen LogP contribution in [0.4, 0.5) is 11.4 Å².